The quantitative estimate of drug-likeness (QED) is 0.760. The number of carboxylic acids is 1. The van der Waals surface area contributed by atoms with E-state index in [1.165, 1.54) is 0 Å². The number of nitrogens with one attached hydrogen (secondary N) is 1. The Morgan fingerprint density at radius 1 is 1.35 bits per heavy atom. The van der Waals surface area contributed by atoms with E-state index in [0.717, 1.165) is 11.1 Å². The SMILES string of the molecule is CNC(CC(=O)O)C(=O)c1ccc(C)cc1C. The van der Waals surface area contributed by atoms with Crippen molar-refractivity contribution in [2.45, 2.75) is 26.3 Å². The number of carbonyl (C=O) groups is 2. The molecule has 0 aromatic heterocycles. The minimum atomic E-state index is -0.984. The largest absolute Gasteiger partial charge is 0.481 e. The Hall–Kier alpha value is -1.68. The number of ketones is 1. The van der Waals surface area contributed by atoms with E-state index in [4.69, 9.17) is 5.11 Å². The summed E-state index contributed by atoms with van der Waals surface area (Å²) in [5.74, 6) is -1.16. The molecular weight excluding hydrogens is 218 g/mol. The summed E-state index contributed by atoms with van der Waals surface area (Å²) in [5.41, 5.74) is 2.54. The van der Waals surface area contributed by atoms with E-state index in [0.29, 0.717) is 5.56 Å². The van der Waals surface area contributed by atoms with Gasteiger partial charge >= 0.3 is 5.97 Å². The monoisotopic (exact) mass is 235 g/mol. The molecule has 0 amide bonds. The first-order chi connectivity index (χ1) is 7.95. The Bertz CT molecular complexity index is 440. The molecule has 92 valence electrons. The molecule has 0 bridgehead atoms. The lowest BCUT2D eigenvalue weighted by atomic mass is 9.96. The summed E-state index contributed by atoms with van der Waals surface area (Å²) in [6.45, 7) is 3.81. The molecule has 1 unspecified atom stereocenters. The van der Waals surface area contributed by atoms with Gasteiger partial charge in [0.15, 0.2) is 5.78 Å². The van der Waals surface area contributed by atoms with Gasteiger partial charge in [0.05, 0.1) is 12.5 Å². The number of benzene rings is 1. The summed E-state index contributed by atoms with van der Waals surface area (Å²) in [5, 5.41) is 11.5. The molecule has 0 heterocycles. The summed E-state index contributed by atoms with van der Waals surface area (Å²) in [6, 6.07) is 4.85. The second kappa shape index (κ2) is 5.59. The fraction of sp³-hybridized carbons (Fsp3) is 0.385. The van der Waals surface area contributed by atoms with Gasteiger partial charge in [0.2, 0.25) is 0 Å². The molecule has 0 aliphatic heterocycles. The van der Waals surface area contributed by atoms with E-state index in [2.05, 4.69) is 5.32 Å². The predicted molar refractivity (Wildman–Crippen MR) is 65.3 cm³/mol. The molecular formula is C13H17NO3. The Balaban J connectivity index is 2.97. The van der Waals surface area contributed by atoms with Crippen LogP contribution in [0.5, 0.6) is 0 Å². The van der Waals surface area contributed by atoms with Gasteiger partial charge in [0, 0.05) is 5.56 Å². The maximum atomic E-state index is 12.1. The van der Waals surface area contributed by atoms with Crippen molar-refractivity contribution in [3.05, 3.63) is 34.9 Å². The third-order valence-electron chi connectivity index (χ3n) is 2.69. The molecule has 0 fully saturated rings. The van der Waals surface area contributed by atoms with Crippen molar-refractivity contribution in [1.82, 2.24) is 5.32 Å². The van der Waals surface area contributed by atoms with Gasteiger partial charge in [-0.1, -0.05) is 23.8 Å². The Morgan fingerprint density at radius 2 is 2.00 bits per heavy atom. The van der Waals surface area contributed by atoms with Crippen molar-refractivity contribution >= 4 is 11.8 Å². The lowest BCUT2D eigenvalue weighted by molar-refractivity contribution is -0.137. The van der Waals surface area contributed by atoms with Crippen LogP contribution >= 0.6 is 0 Å². The fourth-order valence-electron chi connectivity index (χ4n) is 1.78. The normalized spacial score (nSPS) is 12.2. The summed E-state index contributed by atoms with van der Waals surface area (Å²) < 4.78 is 0. The number of carboxylic acid groups (broad SMARTS) is 1. The van der Waals surface area contributed by atoms with Crippen LogP contribution < -0.4 is 5.32 Å². The first kappa shape index (κ1) is 13.4. The van der Waals surface area contributed by atoms with Gasteiger partial charge in [0.1, 0.15) is 0 Å². The average molecular weight is 235 g/mol. The smallest absolute Gasteiger partial charge is 0.305 e. The lowest BCUT2D eigenvalue weighted by Gasteiger charge is -2.14. The zero-order valence-electron chi connectivity index (χ0n) is 10.3. The minimum absolute atomic E-state index is 0.174. The number of aryl methyl sites for hydroxylation is 2. The average Bonchev–Trinajstić information content (AvgIpc) is 2.24. The first-order valence-corrected chi connectivity index (χ1v) is 5.46. The van der Waals surface area contributed by atoms with Crippen molar-refractivity contribution in [3.8, 4) is 0 Å². The Kier molecular flexibility index (Phi) is 4.40. The number of aliphatic carboxylic acids is 1. The van der Waals surface area contributed by atoms with Crippen LogP contribution in [0, 0.1) is 13.8 Å². The van der Waals surface area contributed by atoms with E-state index in [-0.39, 0.29) is 12.2 Å². The van der Waals surface area contributed by atoms with Gasteiger partial charge < -0.3 is 10.4 Å². The molecule has 4 nitrogen and oxygen atoms in total. The predicted octanol–water partition coefficient (Wildman–Crippen LogP) is 1.55. The molecule has 0 aliphatic rings. The zero-order chi connectivity index (χ0) is 13.0. The first-order valence-electron chi connectivity index (χ1n) is 5.46. The van der Waals surface area contributed by atoms with Gasteiger partial charge in [-0.05, 0) is 26.5 Å². The maximum absolute atomic E-state index is 12.1. The van der Waals surface area contributed by atoms with Crippen LogP contribution in [0.15, 0.2) is 18.2 Å². The van der Waals surface area contributed by atoms with Crippen molar-refractivity contribution in [2.24, 2.45) is 0 Å². The maximum Gasteiger partial charge on any atom is 0.305 e. The second-order valence-electron chi connectivity index (χ2n) is 4.12. The molecule has 17 heavy (non-hydrogen) atoms. The fourth-order valence-corrected chi connectivity index (χ4v) is 1.78. The molecule has 1 atom stereocenters. The van der Waals surface area contributed by atoms with Crippen molar-refractivity contribution < 1.29 is 14.7 Å². The highest BCUT2D eigenvalue weighted by molar-refractivity contribution is 6.02. The molecule has 0 saturated heterocycles. The standard InChI is InChI=1S/C13H17NO3/c1-8-4-5-10(9(2)6-8)13(17)11(14-3)7-12(15)16/h4-6,11,14H,7H2,1-3H3,(H,15,16). The summed E-state index contributed by atoms with van der Waals surface area (Å²) in [7, 11) is 1.59. The van der Waals surface area contributed by atoms with Crippen LogP contribution in [-0.2, 0) is 4.79 Å². The van der Waals surface area contributed by atoms with Crippen LogP contribution in [0.1, 0.15) is 27.9 Å². The van der Waals surface area contributed by atoms with E-state index in [1.54, 1.807) is 13.1 Å². The molecule has 0 aliphatic carbocycles. The van der Waals surface area contributed by atoms with E-state index in [9.17, 15) is 9.59 Å². The summed E-state index contributed by atoms with van der Waals surface area (Å²) >= 11 is 0. The number of rotatable bonds is 5. The topological polar surface area (TPSA) is 66.4 Å². The molecule has 2 N–H and O–H groups in total. The van der Waals surface area contributed by atoms with Crippen LogP contribution in [0.25, 0.3) is 0 Å². The third-order valence-corrected chi connectivity index (χ3v) is 2.69. The molecule has 1 aromatic rings. The van der Waals surface area contributed by atoms with Crippen molar-refractivity contribution in [1.29, 1.82) is 0 Å². The third kappa shape index (κ3) is 3.39. The van der Waals surface area contributed by atoms with Gasteiger partial charge in [-0.2, -0.15) is 0 Å². The zero-order valence-corrected chi connectivity index (χ0v) is 10.3. The highest BCUT2D eigenvalue weighted by Gasteiger charge is 2.22. The van der Waals surface area contributed by atoms with Crippen molar-refractivity contribution in [2.75, 3.05) is 7.05 Å². The van der Waals surface area contributed by atoms with E-state index in [1.807, 2.05) is 26.0 Å². The van der Waals surface area contributed by atoms with Crippen LogP contribution in [0.4, 0.5) is 0 Å². The number of hydrogen-bond donors (Lipinski definition) is 2. The van der Waals surface area contributed by atoms with Gasteiger partial charge in [0.25, 0.3) is 0 Å². The van der Waals surface area contributed by atoms with E-state index < -0.39 is 12.0 Å². The Labute approximate surface area is 101 Å². The van der Waals surface area contributed by atoms with E-state index >= 15 is 0 Å². The minimum Gasteiger partial charge on any atom is -0.481 e. The number of carbonyl (C=O) groups excluding carboxylic acids is 1. The molecule has 4 heteroatoms. The van der Waals surface area contributed by atoms with Gasteiger partial charge in [-0.25, -0.2) is 0 Å². The van der Waals surface area contributed by atoms with Crippen LogP contribution in [0.3, 0.4) is 0 Å². The number of likely N-dealkylation sites (N-methyl/N-ethyl adjacent to an activating group) is 1. The summed E-state index contributed by atoms with van der Waals surface area (Å²) in [4.78, 5) is 22.8. The summed E-state index contributed by atoms with van der Waals surface area (Å²) in [6.07, 6.45) is -0.206. The molecule has 0 saturated carbocycles. The molecule has 0 radical (unpaired) electrons. The second-order valence-corrected chi connectivity index (χ2v) is 4.12. The molecule has 0 spiro atoms. The lowest BCUT2D eigenvalue weighted by Crippen LogP contribution is -2.36. The highest BCUT2D eigenvalue weighted by atomic mass is 16.4. The van der Waals surface area contributed by atoms with Gasteiger partial charge in [-0.15, -0.1) is 0 Å². The van der Waals surface area contributed by atoms with Crippen LogP contribution in [0.2, 0.25) is 0 Å². The highest BCUT2D eigenvalue weighted by Crippen LogP contribution is 2.14. The Morgan fingerprint density at radius 3 is 2.47 bits per heavy atom. The van der Waals surface area contributed by atoms with Gasteiger partial charge in [-0.3, -0.25) is 9.59 Å². The molecule has 1 aromatic carbocycles. The number of hydrogen-bond acceptors (Lipinski definition) is 3. The molecule has 1 rings (SSSR count). The number of Topliss-reactive ketones (excluding diaryl/α,β-unsaturated/α-hetero) is 1. The van der Waals surface area contributed by atoms with Crippen molar-refractivity contribution in [3.63, 3.8) is 0 Å². The van der Waals surface area contributed by atoms with Crippen LogP contribution in [-0.4, -0.2) is 29.9 Å².